The highest BCUT2D eigenvalue weighted by Crippen LogP contribution is 2.22. The normalized spacial score (nSPS) is 22.9. The van der Waals surface area contributed by atoms with Gasteiger partial charge in [-0.2, -0.15) is 0 Å². The molecule has 134 valence electrons. The molecule has 1 aromatic heterocycles. The van der Waals surface area contributed by atoms with Crippen molar-refractivity contribution in [3.05, 3.63) is 30.0 Å². The van der Waals surface area contributed by atoms with Crippen LogP contribution in [-0.4, -0.2) is 53.1 Å². The maximum absolute atomic E-state index is 12.8. The molecule has 2 saturated heterocycles. The maximum atomic E-state index is 12.8. The molecule has 2 aromatic rings. The Hall–Kier alpha value is -1.88. The van der Waals surface area contributed by atoms with Gasteiger partial charge in [-0.15, -0.1) is 0 Å². The Labute approximate surface area is 148 Å². The third-order valence-corrected chi connectivity index (χ3v) is 5.68. The number of benzene rings is 1. The third kappa shape index (κ3) is 3.71. The lowest BCUT2D eigenvalue weighted by Crippen LogP contribution is -2.50. The molecule has 5 nitrogen and oxygen atoms in total. The van der Waals surface area contributed by atoms with Crippen LogP contribution in [0.1, 0.15) is 44.2 Å². The summed E-state index contributed by atoms with van der Waals surface area (Å²) in [7, 11) is 0. The smallest absolute Gasteiger partial charge is 0.228 e. The van der Waals surface area contributed by atoms with Crippen molar-refractivity contribution in [2.45, 2.75) is 51.0 Å². The molecule has 0 aliphatic carbocycles. The van der Waals surface area contributed by atoms with Crippen LogP contribution in [0.25, 0.3) is 11.0 Å². The standard InChI is InChI=1S/C20H27N3O2/c24-20(14-18-17-9-3-4-10-19(17)25-21-18)23-13-7-8-16(15-23)22-11-5-1-2-6-12-22/h3-4,9-10,16H,1-2,5-8,11-15H2. The van der Waals surface area contributed by atoms with Crippen LogP contribution in [0.15, 0.2) is 28.8 Å². The number of carbonyl (C=O) groups is 1. The van der Waals surface area contributed by atoms with Gasteiger partial charge >= 0.3 is 0 Å². The Bertz CT molecular complexity index is 719. The number of amides is 1. The molecule has 0 spiro atoms. The molecule has 2 fully saturated rings. The number of aromatic nitrogens is 1. The molecule has 0 radical (unpaired) electrons. The molecule has 0 N–H and O–H groups in total. The summed E-state index contributed by atoms with van der Waals surface area (Å²) in [6, 6.07) is 8.29. The van der Waals surface area contributed by atoms with Gasteiger partial charge in [-0.1, -0.05) is 30.1 Å². The van der Waals surface area contributed by atoms with Crippen LogP contribution in [0.4, 0.5) is 0 Å². The Balaban J connectivity index is 1.41. The number of likely N-dealkylation sites (tertiary alicyclic amines) is 2. The van der Waals surface area contributed by atoms with Crippen LogP contribution in [0.3, 0.4) is 0 Å². The first-order valence-electron chi connectivity index (χ1n) is 9.66. The number of para-hydroxylation sites is 1. The SMILES string of the molecule is O=C(Cc1noc2ccccc12)N1CCCC(N2CCCCCC2)C1. The Kier molecular flexibility index (Phi) is 5.02. The molecule has 1 atom stereocenters. The van der Waals surface area contributed by atoms with E-state index in [4.69, 9.17) is 4.52 Å². The fourth-order valence-electron chi connectivity index (χ4n) is 4.26. The van der Waals surface area contributed by atoms with Gasteiger partial charge in [0.2, 0.25) is 5.91 Å². The van der Waals surface area contributed by atoms with Crippen molar-refractivity contribution < 1.29 is 9.32 Å². The van der Waals surface area contributed by atoms with Crippen molar-refractivity contribution in [1.82, 2.24) is 15.0 Å². The summed E-state index contributed by atoms with van der Waals surface area (Å²) in [6.45, 7) is 4.13. The summed E-state index contributed by atoms with van der Waals surface area (Å²) < 4.78 is 5.34. The first kappa shape index (κ1) is 16.6. The summed E-state index contributed by atoms with van der Waals surface area (Å²) in [6.07, 6.45) is 7.97. The summed E-state index contributed by atoms with van der Waals surface area (Å²) in [4.78, 5) is 17.5. The van der Waals surface area contributed by atoms with E-state index in [1.165, 1.54) is 45.2 Å². The van der Waals surface area contributed by atoms with E-state index in [-0.39, 0.29) is 5.91 Å². The van der Waals surface area contributed by atoms with Gasteiger partial charge in [0.25, 0.3) is 0 Å². The summed E-state index contributed by atoms with van der Waals surface area (Å²) in [5.74, 6) is 0.179. The minimum atomic E-state index is 0.179. The summed E-state index contributed by atoms with van der Waals surface area (Å²) in [5, 5.41) is 5.07. The van der Waals surface area contributed by atoms with Crippen LogP contribution in [0, 0.1) is 0 Å². The second-order valence-corrected chi connectivity index (χ2v) is 7.39. The van der Waals surface area contributed by atoms with Gasteiger partial charge in [-0.05, 0) is 50.9 Å². The lowest BCUT2D eigenvalue weighted by molar-refractivity contribution is -0.132. The molecule has 2 aliphatic heterocycles. The van der Waals surface area contributed by atoms with Gasteiger partial charge in [0, 0.05) is 24.5 Å². The molecule has 2 aliphatic rings. The zero-order chi connectivity index (χ0) is 17.1. The van der Waals surface area contributed by atoms with Gasteiger partial charge in [0.15, 0.2) is 5.58 Å². The van der Waals surface area contributed by atoms with E-state index >= 15 is 0 Å². The van der Waals surface area contributed by atoms with Crippen LogP contribution in [0.2, 0.25) is 0 Å². The number of nitrogens with zero attached hydrogens (tertiary/aromatic N) is 3. The highest BCUT2D eigenvalue weighted by atomic mass is 16.5. The Morgan fingerprint density at radius 2 is 1.88 bits per heavy atom. The van der Waals surface area contributed by atoms with Crippen LogP contribution >= 0.6 is 0 Å². The number of rotatable bonds is 3. The number of hydrogen-bond donors (Lipinski definition) is 0. The molecule has 25 heavy (non-hydrogen) atoms. The zero-order valence-electron chi connectivity index (χ0n) is 14.8. The quantitative estimate of drug-likeness (QED) is 0.860. The van der Waals surface area contributed by atoms with E-state index < -0.39 is 0 Å². The largest absolute Gasteiger partial charge is 0.356 e. The molecule has 0 saturated carbocycles. The minimum absolute atomic E-state index is 0.179. The van der Waals surface area contributed by atoms with Crippen molar-refractivity contribution in [2.75, 3.05) is 26.2 Å². The van der Waals surface area contributed by atoms with Gasteiger partial charge < -0.3 is 9.42 Å². The second kappa shape index (κ2) is 7.56. The minimum Gasteiger partial charge on any atom is -0.356 e. The molecule has 4 rings (SSSR count). The molecule has 1 aromatic carbocycles. The number of carbonyl (C=O) groups excluding carboxylic acids is 1. The third-order valence-electron chi connectivity index (χ3n) is 5.68. The van der Waals surface area contributed by atoms with Gasteiger partial charge in [0.1, 0.15) is 5.69 Å². The van der Waals surface area contributed by atoms with Gasteiger partial charge in [0.05, 0.1) is 6.42 Å². The molecule has 0 bridgehead atoms. The first-order valence-corrected chi connectivity index (χ1v) is 9.66. The van der Waals surface area contributed by atoms with E-state index in [9.17, 15) is 4.79 Å². The Morgan fingerprint density at radius 3 is 2.72 bits per heavy atom. The molecule has 5 heteroatoms. The predicted octanol–water partition coefficient (Wildman–Crippen LogP) is 3.24. The van der Waals surface area contributed by atoms with Crippen LogP contribution in [0.5, 0.6) is 0 Å². The number of fused-ring (bicyclic) bond motifs is 1. The van der Waals surface area contributed by atoms with Crippen molar-refractivity contribution in [1.29, 1.82) is 0 Å². The van der Waals surface area contributed by atoms with Crippen molar-refractivity contribution in [3.8, 4) is 0 Å². The average Bonchev–Trinajstić information content (AvgIpc) is 2.87. The van der Waals surface area contributed by atoms with E-state index in [2.05, 4.69) is 10.1 Å². The molecule has 3 heterocycles. The molecule has 1 amide bonds. The Morgan fingerprint density at radius 1 is 1.08 bits per heavy atom. The zero-order valence-corrected chi connectivity index (χ0v) is 14.8. The predicted molar refractivity (Wildman–Crippen MR) is 97.4 cm³/mol. The summed E-state index contributed by atoms with van der Waals surface area (Å²) in [5.41, 5.74) is 1.52. The maximum Gasteiger partial charge on any atom is 0.228 e. The highest BCUT2D eigenvalue weighted by Gasteiger charge is 2.28. The number of piperidine rings is 1. The monoisotopic (exact) mass is 341 g/mol. The van der Waals surface area contributed by atoms with E-state index in [0.717, 1.165) is 36.2 Å². The molecular weight excluding hydrogens is 314 g/mol. The fraction of sp³-hybridized carbons (Fsp3) is 0.600. The van der Waals surface area contributed by atoms with E-state index in [1.807, 2.05) is 29.2 Å². The van der Waals surface area contributed by atoms with Crippen molar-refractivity contribution >= 4 is 16.9 Å². The van der Waals surface area contributed by atoms with Crippen molar-refractivity contribution in [3.63, 3.8) is 0 Å². The lowest BCUT2D eigenvalue weighted by atomic mass is 10.0. The summed E-state index contributed by atoms with van der Waals surface area (Å²) >= 11 is 0. The second-order valence-electron chi connectivity index (χ2n) is 7.39. The topological polar surface area (TPSA) is 49.6 Å². The molecular formula is C20H27N3O2. The van der Waals surface area contributed by atoms with Gasteiger partial charge in [-0.3, -0.25) is 9.69 Å². The lowest BCUT2D eigenvalue weighted by Gasteiger charge is -2.39. The first-order chi connectivity index (χ1) is 12.3. The van der Waals surface area contributed by atoms with Crippen molar-refractivity contribution in [2.24, 2.45) is 0 Å². The van der Waals surface area contributed by atoms with Crippen LogP contribution < -0.4 is 0 Å². The average molecular weight is 341 g/mol. The van der Waals surface area contributed by atoms with Crippen LogP contribution in [-0.2, 0) is 11.2 Å². The fourth-order valence-corrected chi connectivity index (χ4v) is 4.26. The molecule has 1 unspecified atom stereocenters. The van der Waals surface area contributed by atoms with E-state index in [0.29, 0.717) is 12.5 Å². The van der Waals surface area contributed by atoms with E-state index in [1.54, 1.807) is 0 Å². The number of hydrogen-bond acceptors (Lipinski definition) is 4. The van der Waals surface area contributed by atoms with Gasteiger partial charge in [-0.25, -0.2) is 0 Å². The highest BCUT2D eigenvalue weighted by molar-refractivity contribution is 5.86.